The molecule has 2 aliphatic rings. The smallest absolute Gasteiger partial charge is 0.159 e. The number of rotatable bonds is 0. The summed E-state index contributed by atoms with van der Waals surface area (Å²) in [6.45, 7) is 2.06. The lowest BCUT2D eigenvalue weighted by Crippen LogP contribution is -2.26. The standard InChI is InChI=1S/C11H14O2/c1-7-5-6-9(12)8-3-2-4-10(13)11(7)8/h7H,2-6H2,1H3. The maximum atomic E-state index is 11.6. The van der Waals surface area contributed by atoms with Crippen LogP contribution in [0.4, 0.5) is 0 Å². The molecule has 1 atom stereocenters. The van der Waals surface area contributed by atoms with Crippen molar-refractivity contribution in [3.63, 3.8) is 0 Å². The highest BCUT2D eigenvalue weighted by Crippen LogP contribution is 2.35. The van der Waals surface area contributed by atoms with Crippen LogP contribution in [0.15, 0.2) is 11.1 Å². The maximum absolute atomic E-state index is 11.6. The SMILES string of the molecule is CC1CCC(=O)C2=C1C(=O)CCC2. The zero-order chi connectivity index (χ0) is 9.42. The summed E-state index contributed by atoms with van der Waals surface area (Å²) in [6, 6.07) is 0. The van der Waals surface area contributed by atoms with E-state index in [9.17, 15) is 9.59 Å². The molecule has 0 spiro atoms. The van der Waals surface area contributed by atoms with Crippen LogP contribution in [0.1, 0.15) is 39.0 Å². The van der Waals surface area contributed by atoms with E-state index in [0.29, 0.717) is 18.8 Å². The molecule has 2 nitrogen and oxygen atoms in total. The third-order valence-electron chi connectivity index (χ3n) is 3.09. The van der Waals surface area contributed by atoms with E-state index in [4.69, 9.17) is 0 Å². The third kappa shape index (κ3) is 1.34. The lowest BCUT2D eigenvalue weighted by molar-refractivity contribution is -0.120. The van der Waals surface area contributed by atoms with Gasteiger partial charge >= 0.3 is 0 Å². The first-order chi connectivity index (χ1) is 6.20. The summed E-state index contributed by atoms with van der Waals surface area (Å²) in [5.74, 6) is 0.767. The number of carbonyl (C=O) groups is 2. The Bertz CT molecular complexity index is 299. The van der Waals surface area contributed by atoms with E-state index >= 15 is 0 Å². The summed E-state index contributed by atoms with van der Waals surface area (Å²) in [6.07, 6.45) is 3.87. The Morgan fingerprint density at radius 2 is 1.85 bits per heavy atom. The fourth-order valence-corrected chi connectivity index (χ4v) is 2.37. The van der Waals surface area contributed by atoms with E-state index in [1.54, 1.807) is 0 Å². The van der Waals surface area contributed by atoms with Crippen LogP contribution in [-0.4, -0.2) is 11.6 Å². The van der Waals surface area contributed by atoms with Gasteiger partial charge in [0.25, 0.3) is 0 Å². The molecule has 0 amide bonds. The van der Waals surface area contributed by atoms with Gasteiger partial charge in [-0.2, -0.15) is 0 Å². The molecule has 0 bridgehead atoms. The van der Waals surface area contributed by atoms with Crippen LogP contribution in [0.3, 0.4) is 0 Å². The predicted molar refractivity (Wildman–Crippen MR) is 49.3 cm³/mol. The Morgan fingerprint density at radius 1 is 1.08 bits per heavy atom. The fraction of sp³-hybridized carbons (Fsp3) is 0.636. The molecule has 13 heavy (non-hydrogen) atoms. The summed E-state index contributed by atoms with van der Waals surface area (Å²) < 4.78 is 0. The zero-order valence-corrected chi connectivity index (χ0v) is 7.93. The Balaban J connectivity index is 2.45. The predicted octanol–water partition coefficient (Wildman–Crippen LogP) is 2.04. The summed E-state index contributed by atoms with van der Waals surface area (Å²) >= 11 is 0. The number of ketones is 2. The van der Waals surface area contributed by atoms with Gasteiger partial charge < -0.3 is 0 Å². The molecule has 70 valence electrons. The number of hydrogen-bond acceptors (Lipinski definition) is 2. The van der Waals surface area contributed by atoms with Crippen molar-refractivity contribution in [1.82, 2.24) is 0 Å². The molecule has 2 rings (SSSR count). The number of carbonyl (C=O) groups excluding carboxylic acids is 2. The van der Waals surface area contributed by atoms with Crippen molar-refractivity contribution >= 4 is 11.6 Å². The Labute approximate surface area is 78.0 Å². The molecular formula is C11H14O2. The van der Waals surface area contributed by atoms with Gasteiger partial charge in [-0.3, -0.25) is 9.59 Å². The van der Waals surface area contributed by atoms with Crippen LogP contribution >= 0.6 is 0 Å². The maximum Gasteiger partial charge on any atom is 0.159 e. The van der Waals surface area contributed by atoms with Crippen molar-refractivity contribution in [3.05, 3.63) is 11.1 Å². The highest BCUT2D eigenvalue weighted by atomic mass is 16.1. The minimum absolute atomic E-state index is 0.223. The lowest BCUT2D eigenvalue weighted by Gasteiger charge is -2.27. The normalized spacial score (nSPS) is 29.2. The quantitative estimate of drug-likeness (QED) is 0.568. The van der Waals surface area contributed by atoms with E-state index in [1.165, 1.54) is 0 Å². The van der Waals surface area contributed by atoms with E-state index < -0.39 is 0 Å². The van der Waals surface area contributed by atoms with Crippen molar-refractivity contribution in [1.29, 1.82) is 0 Å². The second kappa shape index (κ2) is 3.09. The molecular weight excluding hydrogens is 164 g/mol. The molecule has 0 fully saturated rings. The largest absolute Gasteiger partial charge is 0.295 e. The van der Waals surface area contributed by atoms with Crippen molar-refractivity contribution in [2.24, 2.45) is 5.92 Å². The van der Waals surface area contributed by atoms with Crippen LogP contribution in [0.25, 0.3) is 0 Å². The van der Waals surface area contributed by atoms with Gasteiger partial charge in [-0.15, -0.1) is 0 Å². The molecule has 0 saturated heterocycles. The first-order valence-electron chi connectivity index (χ1n) is 4.99. The van der Waals surface area contributed by atoms with Crippen LogP contribution in [0.2, 0.25) is 0 Å². The lowest BCUT2D eigenvalue weighted by atomic mass is 9.75. The molecule has 2 heteroatoms. The second-order valence-electron chi connectivity index (χ2n) is 4.03. The number of allylic oxidation sites excluding steroid dienone is 2. The monoisotopic (exact) mass is 178 g/mol. The molecule has 0 aromatic carbocycles. The van der Waals surface area contributed by atoms with Gasteiger partial charge in [0, 0.05) is 24.0 Å². The summed E-state index contributed by atoms with van der Waals surface area (Å²) in [5, 5.41) is 0. The van der Waals surface area contributed by atoms with Gasteiger partial charge in [-0.05, 0) is 25.2 Å². The van der Waals surface area contributed by atoms with Gasteiger partial charge in [0.1, 0.15) is 0 Å². The summed E-state index contributed by atoms with van der Waals surface area (Å²) in [4.78, 5) is 23.1. The van der Waals surface area contributed by atoms with Crippen molar-refractivity contribution < 1.29 is 9.59 Å². The summed E-state index contributed by atoms with van der Waals surface area (Å²) in [7, 11) is 0. The van der Waals surface area contributed by atoms with E-state index in [0.717, 1.165) is 30.4 Å². The highest BCUT2D eigenvalue weighted by Gasteiger charge is 2.31. The van der Waals surface area contributed by atoms with Gasteiger partial charge in [0.05, 0.1) is 0 Å². The second-order valence-corrected chi connectivity index (χ2v) is 4.03. The molecule has 0 aromatic heterocycles. The molecule has 2 aliphatic carbocycles. The van der Waals surface area contributed by atoms with Gasteiger partial charge in [0.15, 0.2) is 11.6 Å². The molecule has 1 unspecified atom stereocenters. The van der Waals surface area contributed by atoms with E-state index in [2.05, 4.69) is 6.92 Å². The van der Waals surface area contributed by atoms with Crippen molar-refractivity contribution in [2.75, 3.05) is 0 Å². The molecule has 0 radical (unpaired) electrons. The topological polar surface area (TPSA) is 34.1 Å². The van der Waals surface area contributed by atoms with Gasteiger partial charge in [0.2, 0.25) is 0 Å². The van der Waals surface area contributed by atoms with E-state index in [1.807, 2.05) is 0 Å². The zero-order valence-electron chi connectivity index (χ0n) is 7.93. The third-order valence-corrected chi connectivity index (χ3v) is 3.09. The highest BCUT2D eigenvalue weighted by molar-refractivity contribution is 6.08. The minimum atomic E-state index is 0.223. The average molecular weight is 178 g/mol. The summed E-state index contributed by atoms with van der Waals surface area (Å²) in [5.41, 5.74) is 1.72. The molecule has 0 aromatic rings. The Hall–Kier alpha value is -0.920. The van der Waals surface area contributed by atoms with Crippen LogP contribution in [0, 0.1) is 5.92 Å². The number of Topliss-reactive ketones (excluding diaryl/α,β-unsaturated/α-hetero) is 2. The van der Waals surface area contributed by atoms with Crippen LogP contribution < -0.4 is 0 Å². The van der Waals surface area contributed by atoms with E-state index in [-0.39, 0.29) is 11.6 Å². The minimum Gasteiger partial charge on any atom is -0.295 e. The average Bonchev–Trinajstić information content (AvgIpc) is 2.12. The molecule has 0 heterocycles. The van der Waals surface area contributed by atoms with Crippen LogP contribution in [-0.2, 0) is 9.59 Å². The van der Waals surface area contributed by atoms with Crippen molar-refractivity contribution in [3.8, 4) is 0 Å². The molecule has 0 saturated carbocycles. The van der Waals surface area contributed by atoms with Gasteiger partial charge in [-0.25, -0.2) is 0 Å². The number of hydrogen-bond donors (Lipinski definition) is 0. The molecule has 0 N–H and O–H groups in total. The fourth-order valence-electron chi connectivity index (χ4n) is 2.37. The van der Waals surface area contributed by atoms with Crippen molar-refractivity contribution in [2.45, 2.75) is 39.0 Å². The Morgan fingerprint density at radius 3 is 2.54 bits per heavy atom. The first kappa shape index (κ1) is 8.67. The van der Waals surface area contributed by atoms with Gasteiger partial charge in [-0.1, -0.05) is 6.92 Å². The van der Waals surface area contributed by atoms with Crippen LogP contribution in [0.5, 0.6) is 0 Å². The molecule has 0 aliphatic heterocycles. The first-order valence-corrected chi connectivity index (χ1v) is 4.99. The Kier molecular flexibility index (Phi) is 2.06.